The molecule has 33 heavy (non-hydrogen) atoms. The topological polar surface area (TPSA) is 121 Å². The smallest absolute Gasteiger partial charge is 0.352 e. The number of hydrogen-bond donors (Lipinski definition) is 2. The van der Waals surface area contributed by atoms with E-state index in [4.69, 9.17) is 24.7 Å². The van der Waals surface area contributed by atoms with E-state index < -0.39 is 41.2 Å². The zero-order valence-electron chi connectivity index (χ0n) is 19.3. The number of esters is 2. The lowest BCUT2D eigenvalue weighted by molar-refractivity contribution is -0.175. The molecule has 0 aromatic heterocycles. The number of likely N-dealkylation sites (tertiary alicyclic amines) is 1. The monoisotopic (exact) mass is 458 g/mol. The van der Waals surface area contributed by atoms with E-state index in [0.29, 0.717) is 36.5 Å². The Kier molecular flexibility index (Phi) is 5.00. The molecule has 0 amide bonds. The summed E-state index contributed by atoms with van der Waals surface area (Å²) in [6.45, 7) is 3.70. The van der Waals surface area contributed by atoms with Crippen molar-refractivity contribution in [1.29, 1.82) is 0 Å². The predicted molar refractivity (Wildman–Crippen MR) is 117 cm³/mol. The fourth-order valence-corrected chi connectivity index (χ4v) is 6.12. The van der Waals surface area contributed by atoms with Gasteiger partial charge in [-0.25, -0.2) is 4.79 Å². The molecule has 1 spiro atoms. The van der Waals surface area contributed by atoms with E-state index in [0.717, 1.165) is 17.7 Å². The fourth-order valence-electron chi connectivity index (χ4n) is 6.12. The number of hydrogen-bond acceptors (Lipinski definition) is 9. The summed E-state index contributed by atoms with van der Waals surface area (Å²) in [5.41, 5.74) is 5.75. The molecule has 0 radical (unpaired) electrons. The minimum absolute atomic E-state index is 0.0939. The molecule has 2 bridgehead atoms. The molecule has 1 fully saturated rings. The standard InChI is InChI=1S/C24H30N2O7/c1-12(25)21(27)31-13(2)22(28)32-16-7-8-24(29)17-11-14-5-6-15(30-4)19-18(14)23(24,20(16)33-19)9-10-26(17)3/h5-7,12-13,17,20,29H,8-11,25H2,1-4H3/t12-,13-,17+,20?,23?,24+/m0/s1. The molecule has 6 atom stereocenters. The van der Waals surface area contributed by atoms with Crippen LogP contribution in [0.3, 0.4) is 0 Å². The third kappa shape index (κ3) is 2.88. The first-order chi connectivity index (χ1) is 15.6. The first kappa shape index (κ1) is 22.2. The molecule has 2 heterocycles. The lowest BCUT2D eigenvalue weighted by Crippen LogP contribution is -2.74. The zero-order valence-corrected chi connectivity index (χ0v) is 19.3. The van der Waals surface area contributed by atoms with Crippen molar-refractivity contribution in [2.75, 3.05) is 20.7 Å². The first-order valence-corrected chi connectivity index (χ1v) is 11.3. The van der Waals surface area contributed by atoms with Crippen LogP contribution in [0.5, 0.6) is 11.5 Å². The highest BCUT2D eigenvalue weighted by atomic mass is 16.6. The molecule has 2 unspecified atom stereocenters. The maximum absolute atomic E-state index is 12.8. The third-order valence-electron chi connectivity index (χ3n) is 7.77. The fraction of sp³-hybridized carbons (Fsp3) is 0.583. The van der Waals surface area contributed by atoms with Crippen LogP contribution in [0, 0.1) is 0 Å². The Hall–Kier alpha value is -2.62. The van der Waals surface area contributed by atoms with E-state index >= 15 is 0 Å². The third-order valence-corrected chi connectivity index (χ3v) is 7.77. The molecule has 9 nitrogen and oxygen atoms in total. The Morgan fingerprint density at radius 1 is 1.30 bits per heavy atom. The number of carbonyl (C=O) groups is 2. The Labute approximate surface area is 192 Å². The summed E-state index contributed by atoms with van der Waals surface area (Å²) >= 11 is 0. The molecule has 1 aromatic carbocycles. The summed E-state index contributed by atoms with van der Waals surface area (Å²) in [4.78, 5) is 26.8. The van der Waals surface area contributed by atoms with Crippen molar-refractivity contribution in [1.82, 2.24) is 4.90 Å². The molecule has 4 aliphatic rings. The highest BCUT2D eigenvalue weighted by molar-refractivity contribution is 5.82. The van der Waals surface area contributed by atoms with Crippen molar-refractivity contribution in [3.63, 3.8) is 0 Å². The minimum atomic E-state index is -1.13. The van der Waals surface area contributed by atoms with Crippen LogP contribution in [0.1, 0.15) is 37.8 Å². The summed E-state index contributed by atoms with van der Waals surface area (Å²) in [5, 5.41) is 12.2. The minimum Gasteiger partial charge on any atom is -0.493 e. The number of likely N-dealkylation sites (N-methyl/N-ethyl adjacent to an activating group) is 1. The number of ether oxygens (including phenoxy) is 4. The van der Waals surface area contributed by atoms with Gasteiger partial charge in [0.15, 0.2) is 23.7 Å². The maximum atomic E-state index is 12.8. The van der Waals surface area contributed by atoms with Crippen LogP contribution in [-0.2, 0) is 30.9 Å². The molecule has 5 rings (SSSR count). The van der Waals surface area contributed by atoms with Crippen molar-refractivity contribution in [2.45, 2.75) is 68.4 Å². The average molecular weight is 459 g/mol. The van der Waals surface area contributed by atoms with Gasteiger partial charge in [-0.2, -0.15) is 0 Å². The number of benzene rings is 1. The maximum Gasteiger partial charge on any atom is 0.352 e. The van der Waals surface area contributed by atoms with Crippen molar-refractivity contribution < 1.29 is 33.6 Å². The molecule has 1 aromatic rings. The molecule has 178 valence electrons. The van der Waals surface area contributed by atoms with Gasteiger partial charge in [-0.3, -0.25) is 4.79 Å². The van der Waals surface area contributed by atoms with Gasteiger partial charge in [-0.15, -0.1) is 0 Å². The molecule has 1 saturated heterocycles. The summed E-state index contributed by atoms with van der Waals surface area (Å²) in [5.74, 6) is 0.102. The second-order valence-electron chi connectivity index (χ2n) is 9.57. The largest absolute Gasteiger partial charge is 0.493 e. The van der Waals surface area contributed by atoms with Gasteiger partial charge in [0.25, 0.3) is 0 Å². The lowest BCUT2D eigenvalue weighted by atomic mass is 9.50. The van der Waals surface area contributed by atoms with Crippen LogP contribution in [0.25, 0.3) is 0 Å². The average Bonchev–Trinajstić information content (AvgIpc) is 3.13. The van der Waals surface area contributed by atoms with E-state index in [9.17, 15) is 14.7 Å². The number of rotatable bonds is 5. The number of piperidine rings is 1. The summed E-state index contributed by atoms with van der Waals surface area (Å²) in [6.07, 6.45) is 1.56. The molecular weight excluding hydrogens is 428 g/mol. The van der Waals surface area contributed by atoms with Gasteiger partial charge in [0.05, 0.1) is 18.1 Å². The van der Waals surface area contributed by atoms with Crippen molar-refractivity contribution in [3.8, 4) is 11.5 Å². The van der Waals surface area contributed by atoms with Gasteiger partial charge in [-0.05, 0) is 58.0 Å². The Balaban J connectivity index is 1.54. The van der Waals surface area contributed by atoms with Crippen molar-refractivity contribution in [3.05, 3.63) is 35.1 Å². The zero-order chi connectivity index (χ0) is 23.7. The van der Waals surface area contributed by atoms with Gasteiger partial charge in [0.2, 0.25) is 0 Å². The number of nitrogens with two attached hydrogens (primary N) is 1. The number of carbonyl (C=O) groups excluding carboxylic acids is 2. The normalized spacial score (nSPS) is 33.2. The number of methoxy groups -OCH3 is 1. The van der Waals surface area contributed by atoms with Crippen LogP contribution in [0.4, 0.5) is 0 Å². The Morgan fingerprint density at radius 3 is 2.76 bits per heavy atom. The molecule has 0 saturated carbocycles. The first-order valence-electron chi connectivity index (χ1n) is 11.3. The number of nitrogens with zero attached hydrogens (tertiary/aromatic N) is 1. The molecular formula is C24H30N2O7. The second-order valence-corrected chi connectivity index (χ2v) is 9.57. The van der Waals surface area contributed by atoms with E-state index in [1.807, 2.05) is 19.2 Å². The molecule has 2 aliphatic heterocycles. The van der Waals surface area contributed by atoms with Gasteiger partial charge in [-0.1, -0.05) is 6.07 Å². The van der Waals surface area contributed by atoms with E-state index in [2.05, 4.69) is 4.90 Å². The molecule has 3 N–H and O–H groups in total. The van der Waals surface area contributed by atoms with Crippen LogP contribution in [0.15, 0.2) is 24.0 Å². The predicted octanol–water partition coefficient (Wildman–Crippen LogP) is 0.795. The quantitative estimate of drug-likeness (QED) is 0.617. The van der Waals surface area contributed by atoms with Gasteiger partial charge in [0.1, 0.15) is 11.8 Å². The van der Waals surface area contributed by atoms with Crippen LogP contribution in [0.2, 0.25) is 0 Å². The second kappa shape index (κ2) is 7.44. The summed E-state index contributed by atoms with van der Waals surface area (Å²) < 4.78 is 22.9. The van der Waals surface area contributed by atoms with E-state index in [-0.39, 0.29) is 6.04 Å². The lowest BCUT2D eigenvalue weighted by Gasteiger charge is -2.61. The summed E-state index contributed by atoms with van der Waals surface area (Å²) in [6, 6.07) is 2.98. The van der Waals surface area contributed by atoms with Crippen molar-refractivity contribution in [2.24, 2.45) is 5.73 Å². The Bertz CT molecular complexity index is 1050. The highest BCUT2D eigenvalue weighted by Crippen LogP contribution is 2.65. The van der Waals surface area contributed by atoms with E-state index in [1.54, 1.807) is 13.2 Å². The molecule has 9 heteroatoms. The van der Waals surface area contributed by atoms with Gasteiger partial charge < -0.3 is 34.7 Å². The van der Waals surface area contributed by atoms with Crippen molar-refractivity contribution >= 4 is 11.9 Å². The molecule has 2 aliphatic carbocycles. The van der Waals surface area contributed by atoms with Crippen LogP contribution < -0.4 is 15.2 Å². The van der Waals surface area contributed by atoms with Gasteiger partial charge in [0, 0.05) is 18.0 Å². The number of aliphatic hydroxyl groups is 1. The van der Waals surface area contributed by atoms with Crippen LogP contribution in [-0.4, -0.2) is 72.5 Å². The SMILES string of the molecule is COc1ccc2c3c1OC1C(OC(=O)[C@H](C)OC(=O)[C@H](C)N)=CC[C@@]4(O)[C@@H](C2)N(C)CCC314. The highest BCUT2D eigenvalue weighted by Gasteiger charge is 2.72. The van der Waals surface area contributed by atoms with Crippen LogP contribution >= 0.6 is 0 Å². The van der Waals surface area contributed by atoms with Gasteiger partial charge >= 0.3 is 11.9 Å². The summed E-state index contributed by atoms with van der Waals surface area (Å²) in [7, 11) is 3.61. The van der Waals surface area contributed by atoms with E-state index in [1.165, 1.54) is 13.8 Å². The Morgan fingerprint density at radius 2 is 2.06 bits per heavy atom.